The van der Waals surface area contributed by atoms with Gasteiger partial charge in [0, 0.05) is 23.7 Å². The Hall–Kier alpha value is -3.49. The van der Waals surface area contributed by atoms with Gasteiger partial charge in [-0.1, -0.05) is 12.1 Å². The van der Waals surface area contributed by atoms with Crippen molar-refractivity contribution in [3.05, 3.63) is 64.9 Å². The van der Waals surface area contributed by atoms with Gasteiger partial charge in [0.05, 0.1) is 0 Å². The highest BCUT2D eigenvalue weighted by atomic mass is 19.1. The first-order valence-corrected chi connectivity index (χ1v) is 9.19. The zero-order chi connectivity index (χ0) is 20.5. The van der Waals surface area contributed by atoms with Crippen LogP contribution in [0.3, 0.4) is 0 Å². The molecule has 9 heteroatoms. The van der Waals surface area contributed by atoms with Crippen LogP contribution in [-0.2, 0) is 0 Å². The maximum Gasteiger partial charge on any atom is 0.339 e. The number of hydrogen-bond donors (Lipinski definition) is 4. The van der Waals surface area contributed by atoms with Crippen molar-refractivity contribution in [1.29, 1.82) is 0 Å². The van der Waals surface area contributed by atoms with Crippen molar-refractivity contribution in [2.45, 2.75) is 31.7 Å². The van der Waals surface area contributed by atoms with E-state index in [2.05, 4.69) is 25.8 Å². The first kappa shape index (κ1) is 18.9. The van der Waals surface area contributed by atoms with Gasteiger partial charge in [0.15, 0.2) is 17.5 Å². The van der Waals surface area contributed by atoms with E-state index in [1.165, 1.54) is 12.1 Å². The third kappa shape index (κ3) is 4.18. The van der Waals surface area contributed by atoms with Crippen LogP contribution in [0.1, 0.15) is 53.3 Å². The van der Waals surface area contributed by atoms with Gasteiger partial charge < -0.3 is 15.7 Å². The second kappa shape index (κ2) is 7.50. The van der Waals surface area contributed by atoms with Crippen LogP contribution in [0.4, 0.5) is 26.2 Å². The number of carboxylic acid groups (broad SMARTS) is 1. The first-order valence-electron chi connectivity index (χ1n) is 9.19. The van der Waals surface area contributed by atoms with Gasteiger partial charge in [0.25, 0.3) is 0 Å². The molecule has 1 fully saturated rings. The van der Waals surface area contributed by atoms with Gasteiger partial charge in [-0.3, -0.25) is 5.10 Å². The number of aromatic carboxylic acids is 1. The molecular formula is C20H19F2N5O2. The Morgan fingerprint density at radius 3 is 2.59 bits per heavy atom. The highest BCUT2D eigenvalue weighted by Crippen LogP contribution is 2.39. The lowest BCUT2D eigenvalue weighted by atomic mass is 10.1. The van der Waals surface area contributed by atoms with E-state index in [0.717, 1.165) is 30.2 Å². The molecule has 4 N–H and O–H groups in total. The van der Waals surface area contributed by atoms with E-state index in [0.29, 0.717) is 11.7 Å². The van der Waals surface area contributed by atoms with Crippen molar-refractivity contribution >= 4 is 23.4 Å². The van der Waals surface area contributed by atoms with Gasteiger partial charge in [0.2, 0.25) is 0 Å². The van der Waals surface area contributed by atoms with Crippen LogP contribution in [0, 0.1) is 11.6 Å². The third-order valence-corrected chi connectivity index (χ3v) is 4.79. The highest BCUT2D eigenvalue weighted by Gasteiger charge is 2.26. The first-order chi connectivity index (χ1) is 13.9. The van der Waals surface area contributed by atoms with E-state index in [4.69, 9.17) is 0 Å². The summed E-state index contributed by atoms with van der Waals surface area (Å²) in [6.07, 6.45) is 2.19. The molecule has 1 unspecified atom stereocenters. The molecule has 0 radical (unpaired) electrons. The van der Waals surface area contributed by atoms with E-state index in [9.17, 15) is 18.7 Å². The molecule has 1 saturated carbocycles. The summed E-state index contributed by atoms with van der Waals surface area (Å²) in [4.78, 5) is 15.7. The summed E-state index contributed by atoms with van der Waals surface area (Å²) in [5.74, 6) is -1.78. The molecule has 0 bridgehead atoms. The number of carboxylic acids is 1. The maximum atomic E-state index is 14.5. The molecular weight excluding hydrogens is 380 g/mol. The van der Waals surface area contributed by atoms with Gasteiger partial charge in [-0.05, 0) is 43.5 Å². The van der Waals surface area contributed by atoms with E-state index in [1.54, 1.807) is 25.1 Å². The Balaban J connectivity index is 1.61. The summed E-state index contributed by atoms with van der Waals surface area (Å²) in [6, 6.07) is 8.10. The molecule has 4 rings (SSSR count). The number of aromatic amines is 1. The third-order valence-electron chi connectivity index (χ3n) is 4.79. The predicted molar refractivity (Wildman–Crippen MR) is 103 cm³/mol. The van der Waals surface area contributed by atoms with E-state index in [1.807, 2.05) is 0 Å². The summed E-state index contributed by atoms with van der Waals surface area (Å²) in [5.41, 5.74) is 1.39. The summed E-state index contributed by atoms with van der Waals surface area (Å²) < 4.78 is 27.6. The lowest BCUT2D eigenvalue weighted by molar-refractivity contribution is 0.0697. The summed E-state index contributed by atoms with van der Waals surface area (Å²) in [5, 5.41) is 22.2. The van der Waals surface area contributed by atoms with Crippen molar-refractivity contribution in [2.75, 3.05) is 10.6 Å². The Labute approximate surface area is 165 Å². The highest BCUT2D eigenvalue weighted by molar-refractivity contribution is 5.93. The zero-order valence-corrected chi connectivity index (χ0v) is 15.5. The number of pyridine rings is 1. The van der Waals surface area contributed by atoms with Crippen molar-refractivity contribution in [3.63, 3.8) is 0 Å². The van der Waals surface area contributed by atoms with Crippen LogP contribution in [0.2, 0.25) is 0 Å². The second-order valence-electron chi connectivity index (χ2n) is 7.05. The van der Waals surface area contributed by atoms with Crippen molar-refractivity contribution in [2.24, 2.45) is 0 Å². The number of rotatable bonds is 7. The molecule has 1 aliphatic rings. The van der Waals surface area contributed by atoms with Crippen molar-refractivity contribution in [1.82, 2.24) is 15.2 Å². The van der Waals surface area contributed by atoms with Crippen LogP contribution in [0.25, 0.3) is 0 Å². The zero-order valence-electron chi connectivity index (χ0n) is 15.5. The Morgan fingerprint density at radius 1 is 1.21 bits per heavy atom. The Bertz CT molecular complexity index is 1050. The SMILES string of the molecule is CC(Nc1nc(Nc2cc(C3CC3)[nH]n2)c(F)cc1C(=O)O)c1ccc(F)cc1. The molecule has 0 spiro atoms. The van der Waals surface area contributed by atoms with Gasteiger partial charge in [-0.2, -0.15) is 5.10 Å². The number of aromatic nitrogens is 3. The van der Waals surface area contributed by atoms with E-state index < -0.39 is 11.8 Å². The molecule has 2 aromatic heterocycles. The molecule has 0 saturated heterocycles. The average Bonchev–Trinajstić information content (AvgIpc) is 3.43. The summed E-state index contributed by atoms with van der Waals surface area (Å²) in [7, 11) is 0. The quantitative estimate of drug-likeness (QED) is 0.464. The number of hydrogen-bond acceptors (Lipinski definition) is 5. The number of halogens is 2. The lowest BCUT2D eigenvalue weighted by Gasteiger charge is -2.18. The average molecular weight is 399 g/mol. The Kier molecular flexibility index (Phi) is 4.87. The standard InChI is InChI=1S/C20H19F2N5O2/c1-10(11-4-6-13(21)7-5-11)23-18-14(20(28)29)8-15(22)19(25-18)24-17-9-16(26-27-17)12-2-3-12/h4-10,12H,2-3H2,1H3,(H,28,29)(H3,23,24,25,26,27). The fraction of sp³-hybridized carbons (Fsp3) is 0.250. The van der Waals surface area contributed by atoms with Crippen LogP contribution in [0.15, 0.2) is 36.4 Å². The molecule has 1 atom stereocenters. The van der Waals surface area contributed by atoms with Gasteiger partial charge >= 0.3 is 5.97 Å². The molecule has 29 heavy (non-hydrogen) atoms. The van der Waals surface area contributed by atoms with Crippen LogP contribution in [-0.4, -0.2) is 26.3 Å². The normalized spacial score (nSPS) is 14.4. The molecule has 0 amide bonds. The second-order valence-corrected chi connectivity index (χ2v) is 7.05. The van der Waals surface area contributed by atoms with Crippen molar-refractivity contribution < 1.29 is 18.7 Å². The number of anilines is 3. The van der Waals surface area contributed by atoms with E-state index in [-0.39, 0.29) is 29.1 Å². The van der Waals surface area contributed by atoms with E-state index >= 15 is 0 Å². The molecule has 3 aromatic rings. The number of H-pyrrole nitrogens is 1. The van der Waals surface area contributed by atoms with Crippen LogP contribution >= 0.6 is 0 Å². The molecule has 2 heterocycles. The van der Waals surface area contributed by atoms with Crippen molar-refractivity contribution in [3.8, 4) is 0 Å². The fourth-order valence-electron chi connectivity index (χ4n) is 3.01. The minimum atomic E-state index is -1.31. The molecule has 1 aliphatic carbocycles. The smallest absolute Gasteiger partial charge is 0.339 e. The summed E-state index contributed by atoms with van der Waals surface area (Å²) >= 11 is 0. The largest absolute Gasteiger partial charge is 0.478 e. The maximum absolute atomic E-state index is 14.5. The number of carbonyl (C=O) groups is 1. The topological polar surface area (TPSA) is 103 Å². The van der Waals surface area contributed by atoms with Gasteiger partial charge in [-0.15, -0.1) is 0 Å². The predicted octanol–water partition coefficient (Wildman–Crippen LogP) is 4.58. The molecule has 1 aromatic carbocycles. The van der Waals surface area contributed by atoms with Crippen LogP contribution in [0.5, 0.6) is 0 Å². The Morgan fingerprint density at radius 2 is 1.93 bits per heavy atom. The molecule has 0 aliphatic heterocycles. The number of nitrogens with zero attached hydrogens (tertiary/aromatic N) is 2. The summed E-state index contributed by atoms with van der Waals surface area (Å²) in [6.45, 7) is 1.77. The van der Waals surface area contributed by atoms with Crippen LogP contribution < -0.4 is 10.6 Å². The number of nitrogens with one attached hydrogen (secondary N) is 3. The monoisotopic (exact) mass is 399 g/mol. The molecule has 7 nitrogen and oxygen atoms in total. The minimum absolute atomic E-state index is 0.00354. The van der Waals surface area contributed by atoms with Gasteiger partial charge in [0.1, 0.15) is 17.2 Å². The molecule has 150 valence electrons. The fourth-order valence-corrected chi connectivity index (χ4v) is 3.01. The number of benzene rings is 1. The van der Waals surface area contributed by atoms with Gasteiger partial charge in [-0.25, -0.2) is 18.6 Å². The lowest BCUT2D eigenvalue weighted by Crippen LogP contribution is -2.14. The minimum Gasteiger partial charge on any atom is -0.478 e.